The third-order valence-corrected chi connectivity index (χ3v) is 3.50. The van der Waals surface area contributed by atoms with Crippen LogP contribution in [0.15, 0.2) is 18.2 Å². The lowest BCUT2D eigenvalue weighted by Gasteiger charge is -2.28. The minimum atomic E-state index is 0.413. The number of methoxy groups -OCH3 is 1. The van der Waals surface area contributed by atoms with Crippen molar-refractivity contribution >= 4 is 0 Å². The van der Waals surface area contributed by atoms with E-state index in [0.717, 1.165) is 25.3 Å². The summed E-state index contributed by atoms with van der Waals surface area (Å²) >= 11 is 0. The highest BCUT2D eigenvalue weighted by Gasteiger charge is 2.16. The maximum absolute atomic E-state index is 5.39. The quantitative estimate of drug-likeness (QED) is 0.804. The van der Waals surface area contributed by atoms with E-state index in [1.54, 1.807) is 7.11 Å². The number of likely N-dealkylation sites (N-methyl/N-ethyl adjacent to an activating group) is 2. The van der Waals surface area contributed by atoms with E-state index in [1.165, 1.54) is 11.1 Å². The van der Waals surface area contributed by atoms with Gasteiger partial charge in [-0.1, -0.05) is 26.0 Å². The summed E-state index contributed by atoms with van der Waals surface area (Å²) < 4.78 is 5.39. The molecule has 0 spiro atoms. The first kappa shape index (κ1) is 15.0. The molecule has 0 fully saturated rings. The van der Waals surface area contributed by atoms with Crippen molar-refractivity contribution in [3.8, 4) is 5.75 Å². The van der Waals surface area contributed by atoms with Crippen molar-refractivity contribution in [3.05, 3.63) is 29.3 Å². The van der Waals surface area contributed by atoms with Gasteiger partial charge in [-0.3, -0.25) is 4.90 Å². The lowest BCUT2D eigenvalue weighted by Crippen LogP contribution is -2.31. The molecule has 0 bridgehead atoms. The van der Waals surface area contributed by atoms with Crippen LogP contribution in [-0.2, 0) is 6.42 Å². The molecule has 1 aromatic carbocycles. The molecule has 0 aliphatic heterocycles. The van der Waals surface area contributed by atoms with Gasteiger partial charge in [0.1, 0.15) is 5.75 Å². The highest BCUT2D eigenvalue weighted by atomic mass is 16.5. The fourth-order valence-corrected chi connectivity index (χ4v) is 2.22. The van der Waals surface area contributed by atoms with Crippen LogP contribution in [0.4, 0.5) is 0 Å². The monoisotopic (exact) mass is 250 g/mol. The Bertz CT molecular complexity index is 366. The molecular weight excluding hydrogens is 224 g/mol. The van der Waals surface area contributed by atoms with Gasteiger partial charge in [-0.05, 0) is 44.3 Å². The maximum Gasteiger partial charge on any atom is 0.122 e. The van der Waals surface area contributed by atoms with Gasteiger partial charge in [-0.15, -0.1) is 0 Å². The summed E-state index contributed by atoms with van der Waals surface area (Å²) in [5.74, 6) is 0.989. The smallest absolute Gasteiger partial charge is 0.122 e. The zero-order chi connectivity index (χ0) is 13.5. The van der Waals surface area contributed by atoms with Crippen molar-refractivity contribution in [2.24, 2.45) is 0 Å². The first-order valence-electron chi connectivity index (χ1n) is 6.69. The largest absolute Gasteiger partial charge is 0.496 e. The summed E-state index contributed by atoms with van der Waals surface area (Å²) in [5, 5.41) is 3.27. The molecule has 0 radical (unpaired) electrons. The molecule has 0 saturated heterocycles. The Balaban J connectivity index is 3.04. The summed E-state index contributed by atoms with van der Waals surface area (Å²) in [7, 11) is 5.90. The van der Waals surface area contributed by atoms with Crippen molar-refractivity contribution < 1.29 is 4.74 Å². The van der Waals surface area contributed by atoms with Crippen LogP contribution in [0.25, 0.3) is 0 Å². The van der Waals surface area contributed by atoms with Crippen LogP contribution in [0.1, 0.15) is 31.0 Å². The van der Waals surface area contributed by atoms with E-state index in [1.807, 2.05) is 7.05 Å². The minimum Gasteiger partial charge on any atom is -0.496 e. The van der Waals surface area contributed by atoms with Gasteiger partial charge in [0.25, 0.3) is 0 Å². The van der Waals surface area contributed by atoms with E-state index in [4.69, 9.17) is 4.74 Å². The number of nitrogens with zero attached hydrogens (tertiary/aromatic N) is 1. The molecule has 0 aliphatic rings. The lowest BCUT2D eigenvalue weighted by atomic mass is 10.0. The topological polar surface area (TPSA) is 24.5 Å². The molecule has 3 heteroatoms. The summed E-state index contributed by atoms with van der Waals surface area (Å²) in [6.45, 7) is 6.35. The number of benzene rings is 1. The predicted octanol–water partition coefficient (Wildman–Crippen LogP) is 2.47. The van der Waals surface area contributed by atoms with Crippen molar-refractivity contribution in [3.63, 3.8) is 0 Å². The van der Waals surface area contributed by atoms with E-state index in [-0.39, 0.29) is 0 Å². The molecule has 0 heterocycles. The van der Waals surface area contributed by atoms with Crippen molar-refractivity contribution in [2.75, 3.05) is 34.3 Å². The Labute approximate surface area is 111 Å². The molecule has 1 atom stereocenters. The fraction of sp³-hybridized carbons (Fsp3) is 0.600. The summed E-state index contributed by atoms with van der Waals surface area (Å²) in [6.07, 6.45) is 0.999. The molecule has 3 nitrogen and oxygen atoms in total. The molecule has 0 amide bonds. The second-order valence-corrected chi connectivity index (χ2v) is 4.57. The van der Waals surface area contributed by atoms with E-state index < -0.39 is 0 Å². The van der Waals surface area contributed by atoms with Crippen molar-refractivity contribution in [1.29, 1.82) is 0 Å². The number of ether oxygens (including phenoxy) is 1. The average molecular weight is 250 g/mol. The van der Waals surface area contributed by atoms with Gasteiger partial charge in [-0.25, -0.2) is 0 Å². The lowest BCUT2D eigenvalue weighted by molar-refractivity contribution is 0.253. The SMILES string of the molecule is CCc1cc(C(CNC)N(C)CC)ccc1OC. The second-order valence-electron chi connectivity index (χ2n) is 4.57. The first-order chi connectivity index (χ1) is 8.67. The number of hydrogen-bond donors (Lipinski definition) is 1. The van der Waals surface area contributed by atoms with Gasteiger partial charge in [0, 0.05) is 12.6 Å². The second kappa shape index (κ2) is 7.39. The van der Waals surface area contributed by atoms with Crippen LogP contribution < -0.4 is 10.1 Å². The highest BCUT2D eigenvalue weighted by molar-refractivity contribution is 5.38. The third-order valence-electron chi connectivity index (χ3n) is 3.50. The number of nitrogens with one attached hydrogen (secondary N) is 1. The minimum absolute atomic E-state index is 0.413. The van der Waals surface area contributed by atoms with Crippen LogP contribution >= 0.6 is 0 Å². The van der Waals surface area contributed by atoms with Gasteiger partial charge < -0.3 is 10.1 Å². The van der Waals surface area contributed by atoms with Crippen LogP contribution in [0.5, 0.6) is 5.75 Å². The Morgan fingerprint density at radius 3 is 2.56 bits per heavy atom. The third kappa shape index (κ3) is 3.47. The molecule has 1 unspecified atom stereocenters. The van der Waals surface area contributed by atoms with E-state index in [0.29, 0.717) is 6.04 Å². The Hall–Kier alpha value is -1.06. The molecule has 0 aromatic heterocycles. The van der Waals surface area contributed by atoms with Crippen molar-refractivity contribution in [2.45, 2.75) is 26.3 Å². The van der Waals surface area contributed by atoms with Gasteiger partial charge in [0.2, 0.25) is 0 Å². The van der Waals surface area contributed by atoms with Gasteiger partial charge >= 0.3 is 0 Å². The Morgan fingerprint density at radius 1 is 1.33 bits per heavy atom. The van der Waals surface area contributed by atoms with Crippen LogP contribution in [0, 0.1) is 0 Å². The Kier molecular flexibility index (Phi) is 6.16. The average Bonchev–Trinajstić information content (AvgIpc) is 2.43. The molecule has 0 aliphatic carbocycles. The molecule has 1 N–H and O–H groups in total. The summed E-state index contributed by atoms with van der Waals surface area (Å²) in [4.78, 5) is 2.36. The zero-order valence-electron chi connectivity index (χ0n) is 12.3. The van der Waals surface area contributed by atoms with Gasteiger partial charge in [-0.2, -0.15) is 0 Å². The van der Waals surface area contributed by atoms with Crippen LogP contribution in [0.3, 0.4) is 0 Å². The van der Waals surface area contributed by atoms with Crippen LogP contribution in [-0.4, -0.2) is 39.2 Å². The van der Waals surface area contributed by atoms with E-state index >= 15 is 0 Å². The predicted molar refractivity (Wildman–Crippen MR) is 77.3 cm³/mol. The molecule has 1 rings (SSSR count). The number of aryl methyl sites for hydroxylation is 1. The molecular formula is C15H26N2O. The fourth-order valence-electron chi connectivity index (χ4n) is 2.22. The molecule has 1 aromatic rings. The standard InChI is InChI=1S/C15H26N2O/c1-6-12-10-13(8-9-15(12)18-5)14(11-16-3)17(4)7-2/h8-10,14,16H,6-7,11H2,1-5H3. The summed E-state index contributed by atoms with van der Waals surface area (Å²) in [6, 6.07) is 6.94. The highest BCUT2D eigenvalue weighted by Crippen LogP contribution is 2.26. The maximum atomic E-state index is 5.39. The number of hydrogen-bond acceptors (Lipinski definition) is 3. The van der Waals surface area contributed by atoms with Gasteiger partial charge in [0.15, 0.2) is 0 Å². The normalized spacial score (nSPS) is 12.8. The van der Waals surface area contributed by atoms with Crippen molar-refractivity contribution in [1.82, 2.24) is 10.2 Å². The van der Waals surface area contributed by atoms with Crippen LogP contribution in [0.2, 0.25) is 0 Å². The molecule has 102 valence electrons. The molecule has 18 heavy (non-hydrogen) atoms. The zero-order valence-corrected chi connectivity index (χ0v) is 12.3. The number of rotatable bonds is 7. The summed E-state index contributed by atoms with van der Waals surface area (Å²) in [5.41, 5.74) is 2.63. The Morgan fingerprint density at radius 2 is 2.06 bits per heavy atom. The van der Waals surface area contributed by atoms with E-state index in [9.17, 15) is 0 Å². The molecule has 0 saturated carbocycles. The van der Waals surface area contributed by atoms with E-state index in [2.05, 4.69) is 49.3 Å². The van der Waals surface area contributed by atoms with Gasteiger partial charge in [0.05, 0.1) is 7.11 Å². The first-order valence-corrected chi connectivity index (χ1v) is 6.69.